The van der Waals surface area contributed by atoms with Gasteiger partial charge in [-0.15, -0.1) is 0 Å². The number of hydrogen-bond acceptors (Lipinski definition) is 7. The molecule has 0 radical (unpaired) electrons. The smallest absolute Gasteiger partial charge is 0.273 e. The van der Waals surface area contributed by atoms with E-state index >= 15 is 0 Å². The largest absolute Gasteiger partial charge is 0.397 e. The molecule has 0 bridgehead atoms. The highest BCUT2D eigenvalue weighted by atomic mass is 32.2. The van der Waals surface area contributed by atoms with Crippen molar-refractivity contribution in [3.63, 3.8) is 0 Å². The maximum Gasteiger partial charge on any atom is 0.273 e. The number of nitrogens with one attached hydrogen (secondary N) is 3. The molecule has 1 aliphatic carbocycles. The fraction of sp³-hybridized carbons (Fsp3) is 0.714. The van der Waals surface area contributed by atoms with Gasteiger partial charge in [-0.3, -0.25) is 9.52 Å². The molecular weight excluding hydrogens is 556 g/mol. The number of aliphatic hydroxyl groups excluding tert-OH is 1. The third-order valence-electron chi connectivity index (χ3n) is 6.48. The van der Waals surface area contributed by atoms with Gasteiger partial charge in [0, 0.05) is 30.7 Å². The summed E-state index contributed by atoms with van der Waals surface area (Å²) in [6.45, 7) is 19.0. The van der Waals surface area contributed by atoms with E-state index in [0.717, 1.165) is 43.9 Å². The Morgan fingerprint density at radius 2 is 1.60 bits per heavy atom. The molecule has 4 N–H and O–H groups in total. The Kier molecular flexibility index (Phi) is 31.7. The van der Waals surface area contributed by atoms with Crippen molar-refractivity contribution in [2.45, 2.75) is 138 Å². The lowest BCUT2D eigenvalue weighted by Gasteiger charge is -2.22. The number of nitrogens with zero attached hydrogens (tertiary/aromatic N) is 1. The summed E-state index contributed by atoms with van der Waals surface area (Å²) in [4.78, 5) is 11.9. The van der Waals surface area contributed by atoms with Crippen molar-refractivity contribution in [1.82, 2.24) is 20.5 Å². The van der Waals surface area contributed by atoms with Crippen molar-refractivity contribution in [2.24, 2.45) is 0 Å². The second-order valence-electron chi connectivity index (χ2n) is 10.4. The Hall–Kier alpha value is -1.87. The number of aryl methyl sites for hydroxylation is 1. The van der Waals surface area contributed by atoms with Gasteiger partial charge in [0.1, 0.15) is 5.76 Å². The highest BCUT2D eigenvalue weighted by molar-refractivity contribution is 7.96. The van der Waals surface area contributed by atoms with Gasteiger partial charge >= 0.3 is 0 Å². The predicted octanol–water partition coefficient (Wildman–Crippen LogP) is 8.68. The number of aromatic nitrogens is 1. The van der Waals surface area contributed by atoms with E-state index in [9.17, 15) is 4.79 Å². The summed E-state index contributed by atoms with van der Waals surface area (Å²) in [5, 5.41) is 17.7. The molecule has 250 valence electrons. The lowest BCUT2D eigenvalue weighted by molar-refractivity contribution is 0.0924. The fourth-order valence-electron chi connectivity index (χ4n) is 3.94. The van der Waals surface area contributed by atoms with Crippen molar-refractivity contribution < 1.29 is 14.4 Å². The number of carbonyl (C=O) groups is 1. The van der Waals surface area contributed by atoms with Gasteiger partial charge in [-0.1, -0.05) is 120 Å². The van der Waals surface area contributed by atoms with Crippen LogP contribution in [0.5, 0.6) is 0 Å². The summed E-state index contributed by atoms with van der Waals surface area (Å²) in [6.07, 6.45) is 14.1. The van der Waals surface area contributed by atoms with Crippen molar-refractivity contribution in [1.29, 1.82) is 0 Å². The number of hydrogen-bond donors (Lipinski definition) is 4. The van der Waals surface area contributed by atoms with E-state index in [-0.39, 0.29) is 18.6 Å². The van der Waals surface area contributed by atoms with Crippen LogP contribution in [-0.4, -0.2) is 54.2 Å². The summed E-state index contributed by atoms with van der Waals surface area (Å²) in [7, 11) is 0. The molecule has 0 spiro atoms. The normalized spacial score (nSPS) is 14.3. The van der Waals surface area contributed by atoms with Crippen molar-refractivity contribution in [3.8, 4) is 0 Å². The van der Waals surface area contributed by atoms with Gasteiger partial charge < -0.3 is 20.3 Å². The van der Waals surface area contributed by atoms with Crippen LogP contribution in [0, 0.1) is 6.92 Å². The Labute approximate surface area is 269 Å². The predicted molar refractivity (Wildman–Crippen MR) is 188 cm³/mol. The van der Waals surface area contributed by atoms with Crippen molar-refractivity contribution in [3.05, 3.63) is 53.4 Å². The van der Waals surface area contributed by atoms with E-state index in [4.69, 9.17) is 9.63 Å². The lowest BCUT2D eigenvalue weighted by Crippen LogP contribution is -2.36. The molecule has 4 rings (SSSR count). The molecule has 2 heterocycles. The van der Waals surface area contributed by atoms with Crippen LogP contribution in [-0.2, 0) is 0 Å². The average Bonchev–Trinajstić information content (AvgIpc) is 3.76. The SMILES string of the molecule is CC.CCCCC.CCC[C@@H](CC)NC(=O)c1cc(C2CC2)on1.CCO.CSNC1CCNCC1.Cc1ccccc1. The number of aliphatic hydroxyl groups is 1. The van der Waals surface area contributed by atoms with Crippen LogP contribution < -0.4 is 15.4 Å². The highest BCUT2D eigenvalue weighted by Crippen LogP contribution is 2.40. The van der Waals surface area contributed by atoms with E-state index in [1.807, 2.05) is 32.0 Å². The van der Waals surface area contributed by atoms with Crippen LogP contribution in [0.1, 0.15) is 140 Å². The van der Waals surface area contributed by atoms with Gasteiger partial charge in [0.2, 0.25) is 0 Å². The molecule has 1 amide bonds. The second-order valence-corrected chi connectivity index (χ2v) is 11.1. The summed E-state index contributed by atoms with van der Waals surface area (Å²) >= 11 is 1.73. The summed E-state index contributed by atoms with van der Waals surface area (Å²) in [5.74, 6) is 1.25. The van der Waals surface area contributed by atoms with Gasteiger partial charge in [-0.25, -0.2) is 0 Å². The third-order valence-corrected chi connectivity index (χ3v) is 7.05. The van der Waals surface area contributed by atoms with Gasteiger partial charge in [-0.2, -0.15) is 0 Å². The first-order valence-electron chi connectivity index (χ1n) is 16.8. The number of unbranched alkanes of at least 4 members (excludes halogenated alkanes) is 2. The minimum absolute atomic E-state index is 0.110. The Bertz CT molecular complexity index is 836. The zero-order valence-corrected chi connectivity index (χ0v) is 29.8. The van der Waals surface area contributed by atoms with E-state index in [1.165, 1.54) is 50.8 Å². The van der Waals surface area contributed by atoms with E-state index in [1.54, 1.807) is 24.9 Å². The molecule has 1 aromatic carbocycles. The van der Waals surface area contributed by atoms with Gasteiger partial charge in [0.05, 0.1) is 0 Å². The zero-order valence-electron chi connectivity index (χ0n) is 29.0. The first kappa shape index (κ1) is 43.3. The van der Waals surface area contributed by atoms with E-state index in [0.29, 0.717) is 11.6 Å². The molecule has 1 saturated carbocycles. The standard InChI is InChI=1S/C13H20N2O2.C7H8.C6H14N2S.C5H12.C2H6O.C2H6/c1-3-5-10(4-2)14-13(16)11-8-12(17-15-11)9-6-7-9;1-7-5-3-2-4-6-7;1-9-8-6-2-4-7-5-3-6;1-3-5-4-2;1-2-3;1-2/h8-10H,3-7H2,1-2H3,(H,14,16);2-6H,1H3;6-8H,2-5H2,1H3;3-5H2,1-2H3;3H,2H2,1H3;1-2H3/t10-;;;;;/m1...../s1. The molecule has 7 nitrogen and oxygen atoms in total. The van der Waals surface area contributed by atoms with Gasteiger partial charge in [0.15, 0.2) is 5.69 Å². The molecule has 1 atom stereocenters. The first-order valence-corrected chi connectivity index (χ1v) is 18.0. The Balaban J connectivity index is 0. The minimum atomic E-state index is -0.110. The second kappa shape index (κ2) is 31.6. The summed E-state index contributed by atoms with van der Waals surface area (Å²) in [5.41, 5.74) is 1.74. The Morgan fingerprint density at radius 3 is 2.00 bits per heavy atom. The number of benzene rings is 1. The van der Waals surface area contributed by atoms with Crippen molar-refractivity contribution >= 4 is 17.9 Å². The third kappa shape index (κ3) is 25.2. The number of piperidine rings is 1. The zero-order chi connectivity index (χ0) is 32.7. The Morgan fingerprint density at radius 1 is 1.02 bits per heavy atom. The van der Waals surface area contributed by atoms with Crippen LogP contribution in [0.2, 0.25) is 0 Å². The van der Waals surface area contributed by atoms with Crippen LogP contribution in [0.15, 0.2) is 40.9 Å². The highest BCUT2D eigenvalue weighted by Gasteiger charge is 2.29. The van der Waals surface area contributed by atoms with Crippen LogP contribution in [0.3, 0.4) is 0 Å². The molecule has 2 aromatic rings. The first-order chi connectivity index (χ1) is 20.9. The van der Waals surface area contributed by atoms with Crippen LogP contribution in [0.25, 0.3) is 0 Å². The minimum Gasteiger partial charge on any atom is -0.397 e. The topological polar surface area (TPSA) is 99.4 Å². The van der Waals surface area contributed by atoms with Gasteiger partial charge in [-0.05, 0) is 71.7 Å². The molecule has 1 saturated heterocycles. The number of amides is 1. The molecule has 2 aliphatic rings. The van der Waals surface area contributed by atoms with Gasteiger partial charge in [0.25, 0.3) is 5.91 Å². The molecule has 2 fully saturated rings. The molecule has 1 aliphatic heterocycles. The summed E-state index contributed by atoms with van der Waals surface area (Å²) in [6, 6.07) is 13.0. The molecule has 8 heteroatoms. The molecule has 0 unspecified atom stereocenters. The molecule has 1 aromatic heterocycles. The van der Waals surface area contributed by atoms with E-state index in [2.05, 4.69) is 73.5 Å². The monoisotopic (exact) mass is 622 g/mol. The maximum absolute atomic E-state index is 11.9. The fourth-order valence-corrected chi connectivity index (χ4v) is 4.51. The lowest BCUT2D eigenvalue weighted by atomic mass is 10.1. The molecular formula is C35H66N4O3S. The van der Waals surface area contributed by atoms with E-state index < -0.39 is 0 Å². The number of rotatable bonds is 10. The number of carbonyl (C=O) groups excluding carboxylic acids is 1. The molecule has 43 heavy (non-hydrogen) atoms. The maximum atomic E-state index is 11.9. The average molecular weight is 623 g/mol. The van der Waals surface area contributed by atoms with Crippen LogP contribution >= 0.6 is 11.9 Å². The quantitative estimate of drug-likeness (QED) is 0.197. The van der Waals surface area contributed by atoms with Crippen molar-refractivity contribution in [2.75, 3.05) is 26.0 Å². The summed E-state index contributed by atoms with van der Waals surface area (Å²) < 4.78 is 8.54. The van der Waals surface area contributed by atoms with Crippen LogP contribution in [0.4, 0.5) is 0 Å².